The number of hydrogen-bond acceptors (Lipinski definition) is 4. The van der Waals surface area contributed by atoms with Gasteiger partial charge in [0.2, 0.25) is 0 Å². The van der Waals surface area contributed by atoms with Gasteiger partial charge in [-0.2, -0.15) is 13.2 Å². The number of benzene rings is 1. The highest BCUT2D eigenvalue weighted by atomic mass is 19.4. The molecule has 0 N–H and O–H groups in total. The summed E-state index contributed by atoms with van der Waals surface area (Å²) in [5, 5.41) is 10.7. The number of nitro groups is 1. The van der Waals surface area contributed by atoms with Crippen molar-refractivity contribution in [2.24, 2.45) is 0 Å². The van der Waals surface area contributed by atoms with Crippen LogP contribution in [-0.4, -0.2) is 21.8 Å². The van der Waals surface area contributed by atoms with E-state index in [2.05, 4.69) is 0 Å². The molecular weight excluding hydrogens is 341 g/mol. The molecule has 1 aromatic heterocycles. The van der Waals surface area contributed by atoms with E-state index in [0.717, 1.165) is 31.0 Å². The Balaban J connectivity index is 1.77. The molecule has 0 unspecified atom stereocenters. The number of alkyl halides is 3. The molecule has 2 aromatic rings. The molecule has 1 amide bonds. The molecule has 1 aliphatic rings. The molecule has 1 saturated carbocycles. The predicted molar refractivity (Wildman–Crippen MR) is 79.7 cm³/mol. The normalized spacial score (nSPS) is 14.4. The summed E-state index contributed by atoms with van der Waals surface area (Å²) in [6.07, 6.45) is -2.87. The minimum atomic E-state index is -4.42. The van der Waals surface area contributed by atoms with Gasteiger partial charge in [0.05, 0.1) is 11.6 Å². The van der Waals surface area contributed by atoms with E-state index in [1.807, 2.05) is 0 Å². The van der Waals surface area contributed by atoms with Crippen molar-refractivity contribution >= 4 is 11.8 Å². The summed E-state index contributed by atoms with van der Waals surface area (Å²) < 4.78 is 42.7. The monoisotopic (exact) mass is 354 g/mol. The first-order valence-electron chi connectivity index (χ1n) is 7.47. The standard InChI is InChI=1S/C16H13F3N2O4/c17-16(18,19)11-3-1-10(2-4-11)9-20(12-5-6-12)15(22)13-7-8-14(25-13)21(23)24/h1-4,7-8,12H,5-6,9H2. The lowest BCUT2D eigenvalue weighted by atomic mass is 10.1. The lowest BCUT2D eigenvalue weighted by Crippen LogP contribution is -2.32. The summed E-state index contributed by atoms with van der Waals surface area (Å²) >= 11 is 0. The second-order valence-electron chi connectivity index (χ2n) is 5.75. The molecule has 0 spiro atoms. The van der Waals surface area contributed by atoms with E-state index in [1.165, 1.54) is 23.1 Å². The molecule has 132 valence electrons. The maximum absolute atomic E-state index is 12.6. The molecule has 0 atom stereocenters. The van der Waals surface area contributed by atoms with Crippen LogP contribution >= 0.6 is 0 Å². The van der Waals surface area contributed by atoms with Gasteiger partial charge >= 0.3 is 12.1 Å². The Morgan fingerprint density at radius 3 is 2.32 bits per heavy atom. The Hall–Kier alpha value is -2.84. The summed E-state index contributed by atoms with van der Waals surface area (Å²) in [6.45, 7) is 0.107. The van der Waals surface area contributed by atoms with Crippen molar-refractivity contribution in [3.8, 4) is 0 Å². The fourth-order valence-corrected chi connectivity index (χ4v) is 2.43. The molecule has 25 heavy (non-hydrogen) atoms. The molecule has 1 heterocycles. The first-order chi connectivity index (χ1) is 11.8. The molecule has 1 fully saturated rings. The van der Waals surface area contributed by atoms with Gasteiger partial charge in [0.1, 0.15) is 4.92 Å². The van der Waals surface area contributed by atoms with Gasteiger partial charge in [-0.05, 0) is 36.6 Å². The Kier molecular flexibility index (Phi) is 4.23. The highest BCUT2D eigenvalue weighted by molar-refractivity contribution is 5.92. The second kappa shape index (κ2) is 6.23. The largest absolute Gasteiger partial charge is 0.433 e. The average Bonchev–Trinajstić information content (AvgIpc) is 3.26. The van der Waals surface area contributed by atoms with Gasteiger partial charge < -0.3 is 9.32 Å². The van der Waals surface area contributed by atoms with Crippen molar-refractivity contribution in [1.29, 1.82) is 0 Å². The van der Waals surface area contributed by atoms with Crippen LogP contribution in [0.1, 0.15) is 34.5 Å². The first kappa shape index (κ1) is 17.0. The first-order valence-corrected chi connectivity index (χ1v) is 7.47. The van der Waals surface area contributed by atoms with Crippen LogP contribution in [0.15, 0.2) is 40.8 Å². The number of amides is 1. The second-order valence-corrected chi connectivity index (χ2v) is 5.75. The maximum atomic E-state index is 12.6. The van der Waals surface area contributed by atoms with Crippen LogP contribution in [0, 0.1) is 10.1 Å². The van der Waals surface area contributed by atoms with E-state index < -0.39 is 28.5 Å². The van der Waals surface area contributed by atoms with Crippen LogP contribution < -0.4 is 0 Å². The highest BCUT2D eigenvalue weighted by Crippen LogP contribution is 2.32. The van der Waals surface area contributed by atoms with Crippen molar-refractivity contribution < 1.29 is 27.3 Å². The van der Waals surface area contributed by atoms with Gasteiger partial charge in [-0.1, -0.05) is 12.1 Å². The summed E-state index contributed by atoms with van der Waals surface area (Å²) in [5.41, 5.74) is -0.225. The van der Waals surface area contributed by atoms with E-state index in [9.17, 15) is 28.1 Å². The van der Waals surface area contributed by atoms with E-state index >= 15 is 0 Å². The van der Waals surface area contributed by atoms with Crippen LogP contribution in [0.4, 0.5) is 19.1 Å². The summed E-state index contributed by atoms with van der Waals surface area (Å²) in [7, 11) is 0. The molecular formula is C16H13F3N2O4. The third kappa shape index (κ3) is 3.81. The van der Waals surface area contributed by atoms with E-state index in [0.29, 0.717) is 5.56 Å². The number of carbonyl (C=O) groups excluding carboxylic acids is 1. The van der Waals surface area contributed by atoms with Crippen molar-refractivity contribution in [3.05, 3.63) is 63.4 Å². The Morgan fingerprint density at radius 2 is 1.84 bits per heavy atom. The van der Waals surface area contributed by atoms with Gasteiger partial charge in [0, 0.05) is 12.6 Å². The van der Waals surface area contributed by atoms with Gasteiger partial charge in [-0.15, -0.1) is 0 Å². The van der Waals surface area contributed by atoms with E-state index in [4.69, 9.17) is 4.42 Å². The average molecular weight is 354 g/mol. The quantitative estimate of drug-likeness (QED) is 0.600. The van der Waals surface area contributed by atoms with Crippen molar-refractivity contribution in [2.45, 2.75) is 31.6 Å². The number of hydrogen-bond donors (Lipinski definition) is 0. The van der Waals surface area contributed by atoms with E-state index in [-0.39, 0.29) is 18.3 Å². The number of rotatable bonds is 5. The molecule has 1 aliphatic carbocycles. The molecule has 3 rings (SSSR count). The van der Waals surface area contributed by atoms with Crippen LogP contribution in [0.3, 0.4) is 0 Å². The molecule has 1 aromatic carbocycles. The highest BCUT2D eigenvalue weighted by Gasteiger charge is 2.35. The molecule has 0 aliphatic heterocycles. The Labute approximate surface area is 140 Å². The Morgan fingerprint density at radius 1 is 1.20 bits per heavy atom. The van der Waals surface area contributed by atoms with Crippen LogP contribution in [0.2, 0.25) is 0 Å². The summed E-state index contributed by atoms with van der Waals surface area (Å²) in [5.74, 6) is -1.21. The zero-order valence-electron chi connectivity index (χ0n) is 12.8. The third-order valence-corrected chi connectivity index (χ3v) is 3.87. The Bertz CT molecular complexity index is 794. The van der Waals surface area contributed by atoms with E-state index in [1.54, 1.807) is 0 Å². The zero-order chi connectivity index (χ0) is 18.2. The van der Waals surface area contributed by atoms with Gasteiger partial charge in [-0.25, -0.2) is 0 Å². The van der Waals surface area contributed by atoms with Crippen LogP contribution in [-0.2, 0) is 12.7 Å². The lowest BCUT2D eigenvalue weighted by molar-refractivity contribution is -0.402. The fourth-order valence-electron chi connectivity index (χ4n) is 2.43. The fraction of sp³-hybridized carbons (Fsp3) is 0.312. The maximum Gasteiger partial charge on any atom is 0.433 e. The summed E-state index contributed by atoms with van der Waals surface area (Å²) in [6, 6.07) is 6.83. The molecule has 0 radical (unpaired) electrons. The van der Waals surface area contributed by atoms with Crippen molar-refractivity contribution in [1.82, 2.24) is 4.90 Å². The van der Waals surface area contributed by atoms with Crippen LogP contribution in [0.5, 0.6) is 0 Å². The topological polar surface area (TPSA) is 76.6 Å². The zero-order valence-corrected chi connectivity index (χ0v) is 12.8. The van der Waals surface area contributed by atoms with Crippen molar-refractivity contribution in [2.75, 3.05) is 0 Å². The molecule has 9 heteroatoms. The van der Waals surface area contributed by atoms with Gasteiger partial charge in [-0.3, -0.25) is 14.9 Å². The van der Waals surface area contributed by atoms with Gasteiger partial charge in [0.25, 0.3) is 5.91 Å². The van der Waals surface area contributed by atoms with Crippen LogP contribution in [0.25, 0.3) is 0 Å². The number of halogens is 3. The third-order valence-electron chi connectivity index (χ3n) is 3.87. The lowest BCUT2D eigenvalue weighted by Gasteiger charge is -2.21. The number of nitrogens with zero attached hydrogens (tertiary/aromatic N) is 2. The number of carbonyl (C=O) groups is 1. The smallest absolute Gasteiger partial charge is 0.395 e. The SMILES string of the molecule is O=C(c1ccc([N+](=O)[O-])o1)N(Cc1ccc(C(F)(F)F)cc1)C1CC1. The number of furan rings is 1. The van der Waals surface area contributed by atoms with Crippen molar-refractivity contribution in [3.63, 3.8) is 0 Å². The van der Waals surface area contributed by atoms with Gasteiger partial charge in [0.15, 0.2) is 5.76 Å². The molecule has 0 saturated heterocycles. The summed E-state index contributed by atoms with van der Waals surface area (Å²) in [4.78, 5) is 23.9. The predicted octanol–water partition coefficient (Wildman–Crippen LogP) is 4.01. The minimum absolute atomic E-state index is 0.0426. The molecule has 6 nitrogen and oxygen atoms in total. The molecule has 0 bridgehead atoms. The minimum Gasteiger partial charge on any atom is -0.395 e.